The quantitative estimate of drug-likeness (QED) is 0.697. The molecule has 2 heterocycles. The molecule has 1 atom stereocenters. The second-order valence-electron chi connectivity index (χ2n) is 8.81. The summed E-state index contributed by atoms with van der Waals surface area (Å²) in [7, 11) is 1.71. The summed E-state index contributed by atoms with van der Waals surface area (Å²) in [6.07, 6.45) is 8.30. The molecule has 0 bridgehead atoms. The van der Waals surface area contributed by atoms with E-state index in [2.05, 4.69) is 24.4 Å². The normalized spacial score (nSPS) is 21.6. The van der Waals surface area contributed by atoms with Gasteiger partial charge >= 0.3 is 0 Å². The summed E-state index contributed by atoms with van der Waals surface area (Å²) >= 11 is 0. The molecule has 1 N–H and O–H groups in total. The van der Waals surface area contributed by atoms with E-state index in [1.54, 1.807) is 7.11 Å². The number of nitrogens with one attached hydrogen (secondary N) is 1. The number of hydrogen-bond acceptors (Lipinski definition) is 6. The zero-order valence-corrected chi connectivity index (χ0v) is 18.2. The lowest BCUT2D eigenvalue weighted by Gasteiger charge is -2.31. The van der Waals surface area contributed by atoms with Crippen LogP contribution in [0.3, 0.4) is 0 Å². The molecule has 2 aliphatic carbocycles. The van der Waals surface area contributed by atoms with Crippen molar-refractivity contribution in [2.45, 2.75) is 58.0 Å². The minimum Gasteiger partial charge on any atom is -0.493 e. The first-order valence-electron chi connectivity index (χ1n) is 11.6. The highest BCUT2D eigenvalue weighted by Gasteiger charge is 2.25. The molecule has 6 heteroatoms. The summed E-state index contributed by atoms with van der Waals surface area (Å²) in [6.45, 7) is 5.60. The molecule has 1 saturated heterocycles. The third-order valence-corrected chi connectivity index (χ3v) is 6.57. The van der Waals surface area contributed by atoms with Crippen LogP contribution in [0.1, 0.15) is 50.3 Å². The molecule has 0 amide bonds. The average molecular weight is 412 g/mol. The van der Waals surface area contributed by atoms with Gasteiger partial charge in [0.05, 0.1) is 12.6 Å². The van der Waals surface area contributed by atoms with Crippen molar-refractivity contribution >= 4 is 16.6 Å². The Morgan fingerprint density at radius 2 is 2.07 bits per heavy atom. The van der Waals surface area contributed by atoms with Gasteiger partial charge in [0.15, 0.2) is 11.5 Å². The van der Waals surface area contributed by atoms with Crippen molar-refractivity contribution in [3.8, 4) is 11.5 Å². The molecule has 0 spiro atoms. The smallest absolute Gasteiger partial charge is 0.163 e. The van der Waals surface area contributed by atoms with Crippen LogP contribution in [0.2, 0.25) is 0 Å². The fourth-order valence-electron chi connectivity index (χ4n) is 4.65. The van der Waals surface area contributed by atoms with E-state index in [0.717, 1.165) is 73.6 Å². The lowest BCUT2D eigenvalue weighted by Crippen LogP contribution is -2.38. The first-order valence-corrected chi connectivity index (χ1v) is 11.6. The number of benzene rings is 1. The van der Waals surface area contributed by atoms with Crippen LogP contribution in [0, 0.1) is 5.92 Å². The third kappa shape index (κ3) is 4.08. The zero-order valence-electron chi connectivity index (χ0n) is 18.2. The largest absolute Gasteiger partial charge is 0.493 e. The van der Waals surface area contributed by atoms with Crippen LogP contribution in [-0.2, 0) is 17.7 Å². The number of rotatable bonds is 8. The Morgan fingerprint density at radius 1 is 1.17 bits per heavy atom. The number of hydrogen-bond donors (Lipinski definition) is 1. The van der Waals surface area contributed by atoms with Crippen LogP contribution in [0.4, 0.5) is 5.69 Å². The fourth-order valence-corrected chi connectivity index (χ4v) is 4.65. The van der Waals surface area contributed by atoms with Gasteiger partial charge in [-0.05, 0) is 62.5 Å². The summed E-state index contributed by atoms with van der Waals surface area (Å²) in [5.74, 6) is 2.34. The number of methoxy groups -OCH3 is 1. The Kier molecular flexibility index (Phi) is 5.70. The van der Waals surface area contributed by atoms with Crippen molar-refractivity contribution in [3.05, 3.63) is 23.4 Å². The van der Waals surface area contributed by atoms with Gasteiger partial charge in [0.25, 0.3) is 0 Å². The minimum atomic E-state index is 0.0860. The van der Waals surface area contributed by atoms with Crippen molar-refractivity contribution in [2.75, 3.05) is 38.7 Å². The Morgan fingerprint density at radius 3 is 2.87 bits per heavy atom. The van der Waals surface area contributed by atoms with Crippen molar-refractivity contribution < 1.29 is 14.3 Å². The molecule has 1 unspecified atom stereocenters. The molecule has 5 rings (SSSR count). The number of anilines is 1. The van der Waals surface area contributed by atoms with Gasteiger partial charge in [0.1, 0.15) is 12.7 Å². The Balaban J connectivity index is 1.42. The Labute approximate surface area is 178 Å². The van der Waals surface area contributed by atoms with Crippen molar-refractivity contribution in [2.24, 2.45) is 5.92 Å². The second kappa shape index (κ2) is 8.60. The molecule has 1 aliphatic heterocycles. The molecule has 3 aliphatic rings. The predicted octanol–water partition coefficient (Wildman–Crippen LogP) is 4.35. The average Bonchev–Trinajstić information content (AvgIpc) is 3.50. The van der Waals surface area contributed by atoms with Crippen LogP contribution in [0.5, 0.6) is 11.5 Å². The van der Waals surface area contributed by atoms with Gasteiger partial charge in [-0.3, -0.25) is 9.82 Å². The van der Waals surface area contributed by atoms with E-state index in [9.17, 15) is 0 Å². The van der Waals surface area contributed by atoms with Crippen LogP contribution in [-0.4, -0.2) is 49.5 Å². The van der Waals surface area contributed by atoms with Gasteiger partial charge in [0.2, 0.25) is 0 Å². The SMILES string of the molecule is CCN1CCCC(COc2cc3nc4c(c(NCC5CC5)c3cc2OC)CCC4)O1. The fraction of sp³-hybridized carbons (Fsp3) is 0.625. The second-order valence-corrected chi connectivity index (χ2v) is 8.81. The maximum atomic E-state index is 6.20. The van der Waals surface area contributed by atoms with Gasteiger partial charge in [0, 0.05) is 42.5 Å². The number of aromatic nitrogens is 1. The number of pyridine rings is 1. The molecule has 1 aromatic heterocycles. The lowest BCUT2D eigenvalue weighted by molar-refractivity contribution is -0.225. The highest BCUT2D eigenvalue weighted by Crippen LogP contribution is 2.40. The van der Waals surface area contributed by atoms with E-state index in [4.69, 9.17) is 19.3 Å². The Bertz CT molecular complexity index is 912. The van der Waals surface area contributed by atoms with Gasteiger partial charge < -0.3 is 14.8 Å². The van der Waals surface area contributed by atoms with E-state index >= 15 is 0 Å². The van der Waals surface area contributed by atoms with E-state index < -0.39 is 0 Å². The third-order valence-electron chi connectivity index (χ3n) is 6.57. The number of aryl methyl sites for hydroxylation is 1. The number of nitrogens with zero attached hydrogens (tertiary/aromatic N) is 2. The molecule has 6 nitrogen and oxygen atoms in total. The van der Waals surface area contributed by atoms with Crippen LogP contribution >= 0.6 is 0 Å². The summed E-state index contributed by atoms with van der Waals surface area (Å²) in [5.41, 5.74) is 4.89. The lowest BCUT2D eigenvalue weighted by atomic mass is 10.1. The van der Waals surface area contributed by atoms with E-state index in [0.29, 0.717) is 6.61 Å². The monoisotopic (exact) mass is 411 g/mol. The van der Waals surface area contributed by atoms with E-state index in [1.165, 1.54) is 36.2 Å². The van der Waals surface area contributed by atoms with Crippen molar-refractivity contribution in [1.82, 2.24) is 10.0 Å². The molecule has 0 radical (unpaired) electrons. The minimum absolute atomic E-state index is 0.0860. The topological polar surface area (TPSA) is 55.9 Å². The van der Waals surface area contributed by atoms with Gasteiger partial charge in [-0.2, -0.15) is 5.06 Å². The summed E-state index contributed by atoms with van der Waals surface area (Å²) in [4.78, 5) is 11.0. The van der Waals surface area contributed by atoms with Gasteiger partial charge in [-0.1, -0.05) is 6.92 Å². The maximum Gasteiger partial charge on any atom is 0.163 e. The van der Waals surface area contributed by atoms with Gasteiger partial charge in [-0.25, -0.2) is 0 Å². The molecular formula is C24H33N3O3. The summed E-state index contributed by atoms with van der Waals surface area (Å²) in [5, 5.41) is 6.92. The first-order chi connectivity index (χ1) is 14.7. The summed E-state index contributed by atoms with van der Waals surface area (Å²) in [6, 6.07) is 4.15. The Hall–Kier alpha value is -2.05. The van der Waals surface area contributed by atoms with Crippen molar-refractivity contribution in [1.29, 1.82) is 0 Å². The molecule has 30 heavy (non-hydrogen) atoms. The number of ether oxygens (including phenoxy) is 2. The first kappa shape index (κ1) is 19.9. The maximum absolute atomic E-state index is 6.20. The molecule has 2 fully saturated rings. The molecule has 162 valence electrons. The number of hydroxylamine groups is 2. The standard InChI is InChI=1S/C24H33N3O3/c1-3-27-11-5-6-17(30-27)15-29-23-13-21-19(12-22(23)28-2)24(25-14-16-9-10-16)18-7-4-8-20(18)26-21/h12-13,16-17H,3-11,14-15H2,1-2H3,(H,25,26). The van der Waals surface area contributed by atoms with Crippen LogP contribution in [0.25, 0.3) is 10.9 Å². The van der Waals surface area contributed by atoms with Gasteiger partial charge in [-0.15, -0.1) is 0 Å². The number of fused-ring (bicyclic) bond motifs is 2. The van der Waals surface area contributed by atoms with E-state index in [-0.39, 0.29) is 6.10 Å². The molecule has 1 aromatic carbocycles. The van der Waals surface area contributed by atoms with Crippen LogP contribution in [0.15, 0.2) is 12.1 Å². The molecular weight excluding hydrogens is 378 g/mol. The zero-order chi connectivity index (χ0) is 20.5. The van der Waals surface area contributed by atoms with Crippen LogP contribution < -0.4 is 14.8 Å². The summed E-state index contributed by atoms with van der Waals surface area (Å²) < 4.78 is 11.9. The van der Waals surface area contributed by atoms with Crippen molar-refractivity contribution in [3.63, 3.8) is 0 Å². The molecule has 2 aromatic rings. The highest BCUT2D eigenvalue weighted by molar-refractivity contribution is 5.96. The predicted molar refractivity (Wildman–Crippen MR) is 118 cm³/mol. The molecule has 1 saturated carbocycles. The van der Waals surface area contributed by atoms with E-state index in [1.807, 2.05) is 5.06 Å². The highest BCUT2D eigenvalue weighted by atomic mass is 16.7.